The molecule has 1 aromatic heterocycles. The van der Waals surface area contributed by atoms with Gasteiger partial charge in [0.05, 0.1) is 9.60 Å². The van der Waals surface area contributed by atoms with E-state index in [0.717, 1.165) is 24.0 Å². The molecule has 6 nitrogen and oxygen atoms in total. The first-order valence-electron chi connectivity index (χ1n) is 9.64. The Morgan fingerprint density at radius 3 is 2.43 bits per heavy atom. The number of likely N-dealkylation sites (N-methyl/N-ethyl adjacent to an activating group) is 1. The highest BCUT2D eigenvalue weighted by molar-refractivity contribution is 7.91. The average Bonchev–Trinajstić information content (AvgIpc) is 3.14. The van der Waals surface area contributed by atoms with E-state index in [0.29, 0.717) is 34.3 Å². The van der Waals surface area contributed by atoms with E-state index in [1.807, 2.05) is 6.07 Å². The van der Waals surface area contributed by atoms with Gasteiger partial charge in [-0.1, -0.05) is 48.9 Å². The maximum Gasteiger partial charge on any atom is 0.260 e. The van der Waals surface area contributed by atoms with Crippen LogP contribution in [0.1, 0.15) is 24.2 Å². The molecule has 0 fully saturated rings. The third-order valence-corrected chi connectivity index (χ3v) is 7.26. The van der Waals surface area contributed by atoms with Crippen molar-refractivity contribution in [3.63, 3.8) is 0 Å². The smallest absolute Gasteiger partial charge is 0.260 e. The van der Waals surface area contributed by atoms with Crippen molar-refractivity contribution in [3.05, 3.63) is 53.1 Å². The maximum absolute atomic E-state index is 13.3. The van der Waals surface area contributed by atoms with Gasteiger partial charge in [-0.2, -0.15) is 0 Å². The number of hydrogen-bond acceptors (Lipinski definition) is 6. The van der Waals surface area contributed by atoms with Crippen molar-refractivity contribution < 1.29 is 13.2 Å². The van der Waals surface area contributed by atoms with E-state index in [2.05, 4.69) is 23.7 Å². The summed E-state index contributed by atoms with van der Waals surface area (Å²) in [7, 11) is -3.44. The Bertz CT molecular complexity index is 1160. The number of benzene rings is 2. The number of amides is 1. The zero-order valence-electron chi connectivity index (χ0n) is 17.1. The van der Waals surface area contributed by atoms with Crippen molar-refractivity contribution in [2.75, 3.05) is 37.3 Å². The monoisotopic (exact) mass is 465 g/mol. The molecule has 0 saturated carbocycles. The summed E-state index contributed by atoms with van der Waals surface area (Å²) in [4.78, 5) is 21.9. The van der Waals surface area contributed by atoms with Crippen LogP contribution in [-0.2, 0) is 9.84 Å². The van der Waals surface area contributed by atoms with Crippen LogP contribution >= 0.6 is 22.9 Å². The fraction of sp³-hybridized carbons (Fsp3) is 0.333. The van der Waals surface area contributed by atoms with Crippen LogP contribution < -0.4 is 4.90 Å². The lowest BCUT2D eigenvalue weighted by Gasteiger charge is -2.24. The quantitative estimate of drug-likeness (QED) is 0.494. The number of nitrogens with zero attached hydrogens (tertiary/aromatic N) is 3. The van der Waals surface area contributed by atoms with Gasteiger partial charge in [0.1, 0.15) is 5.52 Å². The number of carbonyl (C=O) groups is 1. The summed E-state index contributed by atoms with van der Waals surface area (Å²) in [6.45, 7) is 6.99. The molecule has 3 rings (SSSR count). The Morgan fingerprint density at radius 1 is 1.10 bits per heavy atom. The number of para-hydroxylation sites is 1. The van der Waals surface area contributed by atoms with Crippen LogP contribution in [0.15, 0.2) is 47.4 Å². The maximum atomic E-state index is 13.3. The normalized spacial score (nSPS) is 11.9. The van der Waals surface area contributed by atoms with Crippen LogP contribution in [0.2, 0.25) is 5.02 Å². The molecule has 3 aromatic rings. The van der Waals surface area contributed by atoms with Gasteiger partial charge < -0.3 is 4.90 Å². The van der Waals surface area contributed by atoms with E-state index in [4.69, 9.17) is 11.6 Å². The highest BCUT2D eigenvalue weighted by atomic mass is 35.5. The van der Waals surface area contributed by atoms with Crippen LogP contribution in [0, 0.1) is 0 Å². The second-order valence-corrected chi connectivity index (χ2v) is 10.3. The molecule has 0 N–H and O–H groups in total. The van der Waals surface area contributed by atoms with Crippen molar-refractivity contribution in [1.82, 2.24) is 9.88 Å². The number of thiazole rings is 1. The second-order valence-electron chi connectivity index (χ2n) is 6.87. The van der Waals surface area contributed by atoms with Crippen molar-refractivity contribution in [2.24, 2.45) is 0 Å². The first kappa shape index (κ1) is 22.7. The Hall–Kier alpha value is -2.00. The first-order valence-corrected chi connectivity index (χ1v) is 12.7. The molecule has 0 aliphatic carbocycles. The van der Waals surface area contributed by atoms with E-state index >= 15 is 0 Å². The zero-order valence-corrected chi connectivity index (χ0v) is 19.5. The number of sulfone groups is 1. The Morgan fingerprint density at radius 2 is 1.80 bits per heavy atom. The Balaban J connectivity index is 2.06. The molecule has 9 heteroatoms. The molecule has 0 bridgehead atoms. The van der Waals surface area contributed by atoms with Crippen LogP contribution in [-0.4, -0.2) is 56.6 Å². The van der Waals surface area contributed by atoms with E-state index in [1.54, 1.807) is 41.3 Å². The van der Waals surface area contributed by atoms with Crippen LogP contribution in [0.5, 0.6) is 0 Å². The molecule has 0 saturated heterocycles. The lowest BCUT2D eigenvalue weighted by molar-refractivity contribution is 0.0983. The minimum Gasteiger partial charge on any atom is -0.302 e. The minimum absolute atomic E-state index is 0.168. The molecule has 0 aliphatic rings. The van der Waals surface area contributed by atoms with Gasteiger partial charge in [0, 0.05) is 29.9 Å². The predicted octanol–water partition coefficient (Wildman–Crippen LogP) is 4.34. The Kier molecular flexibility index (Phi) is 7.13. The van der Waals surface area contributed by atoms with Gasteiger partial charge >= 0.3 is 0 Å². The number of halogens is 1. The first-order chi connectivity index (χ1) is 14.2. The molecule has 0 atom stereocenters. The molecule has 30 heavy (non-hydrogen) atoms. The summed E-state index contributed by atoms with van der Waals surface area (Å²) in [5.41, 5.74) is 0.858. The van der Waals surface area contributed by atoms with Crippen molar-refractivity contribution >= 4 is 54.0 Å². The summed E-state index contributed by atoms with van der Waals surface area (Å²) in [6, 6.07) is 11.8. The molecule has 2 aromatic carbocycles. The zero-order chi connectivity index (χ0) is 21.9. The topological polar surface area (TPSA) is 70.6 Å². The van der Waals surface area contributed by atoms with Gasteiger partial charge in [-0.15, -0.1) is 0 Å². The van der Waals surface area contributed by atoms with Crippen molar-refractivity contribution in [1.29, 1.82) is 0 Å². The van der Waals surface area contributed by atoms with Gasteiger partial charge in [-0.25, -0.2) is 13.4 Å². The van der Waals surface area contributed by atoms with Crippen molar-refractivity contribution in [3.8, 4) is 0 Å². The van der Waals surface area contributed by atoms with Gasteiger partial charge in [0.15, 0.2) is 15.0 Å². The summed E-state index contributed by atoms with van der Waals surface area (Å²) in [5, 5.41) is 0.950. The fourth-order valence-electron chi connectivity index (χ4n) is 3.17. The summed E-state index contributed by atoms with van der Waals surface area (Å²) >= 11 is 7.40. The fourth-order valence-corrected chi connectivity index (χ4v) is 5.27. The highest BCUT2D eigenvalue weighted by Crippen LogP contribution is 2.33. The van der Waals surface area contributed by atoms with Gasteiger partial charge in [0.2, 0.25) is 0 Å². The molecular formula is C21H24ClN3O3S2. The number of aromatic nitrogens is 1. The van der Waals surface area contributed by atoms with Crippen LogP contribution in [0.4, 0.5) is 5.13 Å². The van der Waals surface area contributed by atoms with Gasteiger partial charge in [0.25, 0.3) is 5.91 Å². The van der Waals surface area contributed by atoms with E-state index in [1.165, 1.54) is 11.3 Å². The number of fused-ring (bicyclic) bond motifs is 1. The average molecular weight is 466 g/mol. The standard InChI is InChI=1S/C21H24ClN3O3S2/c1-4-24(5-2)12-13-25(20(26)15-8-6-9-16(22)14-15)21-23-19-17(29-21)10-7-11-18(19)30(3,27)28/h6-11,14H,4-5,12-13H2,1-3H3. The van der Waals surface area contributed by atoms with Crippen LogP contribution in [0.25, 0.3) is 10.2 Å². The molecule has 0 aliphatic heterocycles. The molecule has 0 unspecified atom stereocenters. The third kappa shape index (κ3) is 5.00. The SMILES string of the molecule is CCN(CC)CCN(C(=O)c1cccc(Cl)c1)c1nc2c(S(C)(=O)=O)cccc2s1. The largest absolute Gasteiger partial charge is 0.302 e. The molecular weight excluding hydrogens is 442 g/mol. The second kappa shape index (κ2) is 9.43. The van der Waals surface area contributed by atoms with E-state index < -0.39 is 9.84 Å². The number of anilines is 1. The number of carbonyl (C=O) groups excluding carboxylic acids is 1. The van der Waals surface area contributed by atoms with E-state index in [9.17, 15) is 13.2 Å². The van der Waals surface area contributed by atoms with Gasteiger partial charge in [-0.3, -0.25) is 9.69 Å². The molecule has 0 spiro atoms. The summed E-state index contributed by atoms with van der Waals surface area (Å²) in [6.07, 6.45) is 1.16. The predicted molar refractivity (Wildman–Crippen MR) is 124 cm³/mol. The minimum atomic E-state index is -3.44. The molecule has 0 radical (unpaired) electrons. The third-order valence-electron chi connectivity index (χ3n) is 4.85. The van der Waals surface area contributed by atoms with E-state index in [-0.39, 0.29) is 10.8 Å². The molecule has 1 heterocycles. The summed E-state index contributed by atoms with van der Waals surface area (Å²) in [5.74, 6) is -0.218. The molecule has 160 valence electrons. The highest BCUT2D eigenvalue weighted by Gasteiger charge is 2.24. The lowest BCUT2D eigenvalue weighted by atomic mass is 10.2. The van der Waals surface area contributed by atoms with Crippen LogP contribution in [0.3, 0.4) is 0 Å². The lowest BCUT2D eigenvalue weighted by Crippen LogP contribution is -2.38. The number of rotatable bonds is 8. The molecule has 1 amide bonds. The number of hydrogen-bond donors (Lipinski definition) is 0. The summed E-state index contributed by atoms with van der Waals surface area (Å²) < 4.78 is 25.1. The van der Waals surface area contributed by atoms with Gasteiger partial charge in [-0.05, 0) is 43.4 Å². The Labute approximate surface area is 186 Å². The van der Waals surface area contributed by atoms with Crippen molar-refractivity contribution in [2.45, 2.75) is 18.7 Å².